The lowest BCUT2D eigenvalue weighted by Crippen LogP contribution is -2.53. The van der Waals surface area contributed by atoms with Crippen molar-refractivity contribution in [2.24, 2.45) is 0 Å². The van der Waals surface area contributed by atoms with Crippen molar-refractivity contribution in [3.05, 3.63) is 17.4 Å². The summed E-state index contributed by atoms with van der Waals surface area (Å²) in [6.45, 7) is 4.95. The number of nitrogens with one attached hydrogen (secondary N) is 1. The van der Waals surface area contributed by atoms with E-state index in [1.165, 1.54) is 7.11 Å². The SMILES string of the molecule is CCCNC(C)(Cn1cc(Cl)cn1)C(=O)OC. The number of hydrogen-bond acceptors (Lipinski definition) is 4. The smallest absolute Gasteiger partial charge is 0.327 e. The Labute approximate surface area is 106 Å². The highest BCUT2D eigenvalue weighted by Gasteiger charge is 2.34. The summed E-state index contributed by atoms with van der Waals surface area (Å²) in [6.07, 6.45) is 4.15. The van der Waals surface area contributed by atoms with Crippen LogP contribution in [-0.2, 0) is 16.1 Å². The molecule has 1 atom stereocenters. The second-order valence-electron chi connectivity index (χ2n) is 4.11. The molecule has 0 spiro atoms. The van der Waals surface area contributed by atoms with Crippen molar-refractivity contribution in [3.8, 4) is 0 Å². The summed E-state index contributed by atoms with van der Waals surface area (Å²) < 4.78 is 6.44. The maximum Gasteiger partial charge on any atom is 0.327 e. The Morgan fingerprint density at radius 1 is 1.71 bits per heavy atom. The van der Waals surface area contributed by atoms with Crippen molar-refractivity contribution in [3.63, 3.8) is 0 Å². The van der Waals surface area contributed by atoms with Crippen molar-refractivity contribution in [1.82, 2.24) is 15.1 Å². The molecule has 0 saturated heterocycles. The number of ether oxygens (including phenoxy) is 1. The van der Waals surface area contributed by atoms with Gasteiger partial charge in [-0.25, -0.2) is 4.79 Å². The van der Waals surface area contributed by atoms with Crippen molar-refractivity contribution in [2.75, 3.05) is 13.7 Å². The fraction of sp³-hybridized carbons (Fsp3) is 0.636. The number of methoxy groups -OCH3 is 1. The van der Waals surface area contributed by atoms with Crippen LogP contribution in [0.2, 0.25) is 5.02 Å². The zero-order chi connectivity index (χ0) is 12.9. The molecule has 0 aliphatic carbocycles. The average molecular weight is 260 g/mol. The van der Waals surface area contributed by atoms with Crippen LogP contribution in [0.4, 0.5) is 0 Å². The van der Waals surface area contributed by atoms with E-state index in [2.05, 4.69) is 10.4 Å². The van der Waals surface area contributed by atoms with Crippen molar-refractivity contribution >= 4 is 17.6 Å². The predicted molar refractivity (Wildman–Crippen MR) is 66.0 cm³/mol. The average Bonchev–Trinajstić information content (AvgIpc) is 2.70. The Bertz CT molecular complexity index is 381. The molecule has 0 aromatic carbocycles. The van der Waals surface area contributed by atoms with Gasteiger partial charge in [0, 0.05) is 6.20 Å². The Hall–Kier alpha value is -1.07. The summed E-state index contributed by atoms with van der Waals surface area (Å²) in [6, 6.07) is 0. The Morgan fingerprint density at radius 2 is 2.41 bits per heavy atom. The van der Waals surface area contributed by atoms with Gasteiger partial charge in [-0.15, -0.1) is 0 Å². The molecule has 1 heterocycles. The topological polar surface area (TPSA) is 56.2 Å². The maximum absolute atomic E-state index is 11.8. The van der Waals surface area contributed by atoms with Gasteiger partial charge < -0.3 is 10.1 Å². The molecule has 5 nitrogen and oxygen atoms in total. The summed E-state index contributed by atoms with van der Waals surface area (Å²) in [4.78, 5) is 11.8. The van der Waals surface area contributed by atoms with Crippen LogP contribution in [0.25, 0.3) is 0 Å². The van der Waals surface area contributed by atoms with Gasteiger partial charge in [-0.1, -0.05) is 18.5 Å². The minimum Gasteiger partial charge on any atom is -0.468 e. The normalized spacial score (nSPS) is 14.4. The van der Waals surface area contributed by atoms with Gasteiger partial charge in [-0.3, -0.25) is 4.68 Å². The second-order valence-corrected chi connectivity index (χ2v) is 4.54. The summed E-state index contributed by atoms with van der Waals surface area (Å²) in [5.41, 5.74) is -0.792. The zero-order valence-electron chi connectivity index (χ0n) is 10.4. The van der Waals surface area contributed by atoms with Gasteiger partial charge in [-0.2, -0.15) is 5.10 Å². The summed E-state index contributed by atoms with van der Waals surface area (Å²) in [5, 5.41) is 7.79. The Balaban J connectivity index is 2.79. The highest BCUT2D eigenvalue weighted by Crippen LogP contribution is 2.12. The molecule has 0 amide bonds. The van der Waals surface area contributed by atoms with E-state index in [-0.39, 0.29) is 5.97 Å². The molecule has 17 heavy (non-hydrogen) atoms. The third-order valence-electron chi connectivity index (χ3n) is 2.48. The van der Waals surface area contributed by atoms with Crippen LogP contribution in [0, 0.1) is 0 Å². The van der Waals surface area contributed by atoms with Gasteiger partial charge in [-0.05, 0) is 19.9 Å². The molecule has 1 aromatic heterocycles. The molecule has 0 aliphatic heterocycles. The number of rotatable bonds is 6. The largest absolute Gasteiger partial charge is 0.468 e. The minimum absolute atomic E-state index is 0.308. The number of carbonyl (C=O) groups excluding carboxylic acids is 1. The standard InChI is InChI=1S/C11H18ClN3O2/c1-4-5-13-11(2,10(16)17-3)8-15-7-9(12)6-14-15/h6-7,13H,4-5,8H2,1-3H3. The number of aromatic nitrogens is 2. The molecular weight excluding hydrogens is 242 g/mol. The molecule has 96 valence electrons. The van der Waals surface area contributed by atoms with E-state index < -0.39 is 5.54 Å². The van der Waals surface area contributed by atoms with Gasteiger partial charge in [0.1, 0.15) is 5.54 Å². The summed E-state index contributed by atoms with van der Waals surface area (Å²) >= 11 is 5.79. The van der Waals surface area contributed by atoms with Crippen LogP contribution in [0.15, 0.2) is 12.4 Å². The van der Waals surface area contributed by atoms with Crippen molar-refractivity contribution in [2.45, 2.75) is 32.4 Å². The number of nitrogens with zero attached hydrogens (tertiary/aromatic N) is 2. The van der Waals surface area contributed by atoms with Crippen molar-refractivity contribution in [1.29, 1.82) is 0 Å². The number of halogens is 1. The maximum atomic E-state index is 11.8. The number of esters is 1. The zero-order valence-corrected chi connectivity index (χ0v) is 11.1. The highest BCUT2D eigenvalue weighted by molar-refractivity contribution is 6.30. The fourth-order valence-corrected chi connectivity index (χ4v) is 1.72. The van der Waals surface area contributed by atoms with Gasteiger partial charge >= 0.3 is 5.97 Å². The number of hydrogen-bond donors (Lipinski definition) is 1. The van der Waals surface area contributed by atoms with E-state index in [0.29, 0.717) is 11.6 Å². The Kier molecular flexibility index (Phi) is 4.96. The van der Waals surface area contributed by atoms with Crippen LogP contribution in [-0.4, -0.2) is 34.9 Å². The molecule has 0 saturated carbocycles. The van der Waals surface area contributed by atoms with E-state index in [4.69, 9.17) is 16.3 Å². The molecule has 1 unspecified atom stereocenters. The van der Waals surface area contributed by atoms with Crippen LogP contribution < -0.4 is 5.32 Å². The van der Waals surface area contributed by atoms with E-state index in [9.17, 15) is 4.79 Å². The molecule has 1 N–H and O–H groups in total. The van der Waals surface area contributed by atoms with E-state index >= 15 is 0 Å². The van der Waals surface area contributed by atoms with Crippen LogP contribution in [0.1, 0.15) is 20.3 Å². The summed E-state index contributed by atoms with van der Waals surface area (Å²) in [5.74, 6) is -0.308. The lowest BCUT2D eigenvalue weighted by atomic mass is 10.0. The monoisotopic (exact) mass is 259 g/mol. The molecule has 0 aliphatic rings. The van der Waals surface area contributed by atoms with Gasteiger partial charge in [0.2, 0.25) is 0 Å². The first-order chi connectivity index (χ1) is 8.01. The first-order valence-electron chi connectivity index (χ1n) is 5.53. The fourth-order valence-electron chi connectivity index (χ4n) is 1.57. The molecule has 0 fully saturated rings. The van der Waals surface area contributed by atoms with Gasteiger partial charge in [0.25, 0.3) is 0 Å². The van der Waals surface area contributed by atoms with Crippen LogP contribution in [0.3, 0.4) is 0 Å². The molecular formula is C11H18ClN3O2. The van der Waals surface area contributed by atoms with E-state index in [0.717, 1.165) is 13.0 Å². The molecule has 6 heteroatoms. The third-order valence-corrected chi connectivity index (χ3v) is 2.68. The van der Waals surface area contributed by atoms with Crippen LogP contribution in [0.5, 0.6) is 0 Å². The third kappa shape index (κ3) is 3.71. The van der Waals surface area contributed by atoms with E-state index in [1.54, 1.807) is 24.0 Å². The lowest BCUT2D eigenvalue weighted by molar-refractivity contribution is -0.148. The van der Waals surface area contributed by atoms with E-state index in [1.807, 2.05) is 6.92 Å². The first kappa shape index (κ1) is 14.0. The second kappa shape index (κ2) is 6.02. The number of carbonyl (C=O) groups is 1. The van der Waals surface area contributed by atoms with Gasteiger partial charge in [0.15, 0.2) is 0 Å². The van der Waals surface area contributed by atoms with Gasteiger partial charge in [0.05, 0.1) is 24.9 Å². The predicted octanol–water partition coefficient (Wildman–Crippen LogP) is 1.47. The molecule has 0 radical (unpaired) electrons. The first-order valence-corrected chi connectivity index (χ1v) is 5.91. The van der Waals surface area contributed by atoms with Crippen LogP contribution >= 0.6 is 11.6 Å². The Morgan fingerprint density at radius 3 is 2.88 bits per heavy atom. The molecule has 1 rings (SSSR count). The quantitative estimate of drug-likeness (QED) is 0.786. The van der Waals surface area contributed by atoms with Crippen molar-refractivity contribution < 1.29 is 9.53 Å². The molecule has 0 bridgehead atoms. The molecule has 1 aromatic rings. The highest BCUT2D eigenvalue weighted by atomic mass is 35.5. The lowest BCUT2D eigenvalue weighted by Gasteiger charge is -2.27. The minimum atomic E-state index is -0.792. The summed E-state index contributed by atoms with van der Waals surface area (Å²) in [7, 11) is 1.38.